The number of fused-ring (bicyclic) bond motifs is 2. The van der Waals surface area contributed by atoms with Crippen molar-refractivity contribution in [2.24, 2.45) is 29.1 Å². The summed E-state index contributed by atoms with van der Waals surface area (Å²) in [6.45, 7) is 10.2. The van der Waals surface area contributed by atoms with Crippen molar-refractivity contribution in [1.82, 2.24) is 20.2 Å². The molecule has 4 N–H and O–H groups in total. The van der Waals surface area contributed by atoms with Crippen LogP contribution in [0, 0.1) is 29.1 Å². The van der Waals surface area contributed by atoms with E-state index in [4.69, 9.17) is 4.84 Å². The van der Waals surface area contributed by atoms with Gasteiger partial charge in [-0.15, -0.1) is 0 Å². The lowest BCUT2D eigenvalue weighted by Gasteiger charge is -2.62. The first-order chi connectivity index (χ1) is 22.3. The molecule has 47 heavy (non-hydrogen) atoms. The minimum absolute atomic E-state index is 0.0866. The van der Waals surface area contributed by atoms with Gasteiger partial charge in [-0.2, -0.15) is 5.06 Å². The molecule has 1 saturated heterocycles. The number of amides is 3. The number of rotatable bonds is 12. The van der Waals surface area contributed by atoms with Crippen LogP contribution < -0.4 is 10.6 Å². The third-order valence-electron chi connectivity index (χ3n) is 11.2. The first kappa shape index (κ1) is 35.3. The number of anilines is 1. The van der Waals surface area contributed by atoms with E-state index in [1.165, 1.54) is 6.42 Å². The van der Waals surface area contributed by atoms with Crippen molar-refractivity contribution in [3.63, 3.8) is 0 Å². The van der Waals surface area contributed by atoms with Crippen LogP contribution in [0.2, 0.25) is 0 Å². The Bertz CT molecular complexity index is 1380. The summed E-state index contributed by atoms with van der Waals surface area (Å²) in [5, 5.41) is 28.9. The molecule has 1 heterocycles. The molecule has 1 unspecified atom stereocenters. The second-order valence-corrected chi connectivity index (χ2v) is 15.0. The number of hydrogen-bond donors (Lipinski definition) is 4. The third-order valence-corrected chi connectivity index (χ3v) is 11.2. The van der Waals surface area contributed by atoms with Gasteiger partial charge in [-0.05, 0) is 105 Å². The number of benzene rings is 2. The Hall–Kier alpha value is -3.02. The Morgan fingerprint density at radius 2 is 1.79 bits per heavy atom. The van der Waals surface area contributed by atoms with E-state index in [1.54, 1.807) is 23.9 Å². The predicted octanol–water partition coefficient (Wildman–Crippen LogP) is 4.43. The summed E-state index contributed by atoms with van der Waals surface area (Å²) in [6.07, 6.45) is 1.57. The molecule has 2 aromatic rings. The largest absolute Gasteiger partial charge is 0.394 e. The quantitative estimate of drug-likeness (QED) is 0.269. The molecule has 3 amide bonds. The number of nitrogens with one attached hydrogen (secondary N) is 2. The van der Waals surface area contributed by atoms with E-state index < -0.39 is 24.2 Å². The molecule has 0 radical (unpaired) electrons. The molecule has 4 fully saturated rings. The molecule has 6 rings (SSSR count). The zero-order valence-corrected chi connectivity index (χ0v) is 29.1. The van der Waals surface area contributed by atoms with E-state index in [2.05, 4.69) is 42.4 Å². The van der Waals surface area contributed by atoms with Crippen molar-refractivity contribution in [3.05, 3.63) is 54.1 Å². The lowest BCUT2D eigenvalue weighted by Crippen LogP contribution is -2.62. The number of carbonyl (C=O) groups is 2. The van der Waals surface area contributed by atoms with Crippen LogP contribution in [-0.4, -0.2) is 102 Å². The van der Waals surface area contributed by atoms with Crippen molar-refractivity contribution < 1.29 is 24.6 Å². The van der Waals surface area contributed by atoms with Crippen LogP contribution in [0.5, 0.6) is 0 Å². The number of carbonyl (C=O) groups excluding carboxylic acids is 2. The monoisotopic (exact) mass is 649 g/mol. The van der Waals surface area contributed by atoms with Gasteiger partial charge in [0.2, 0.25) is 5.91 Å². The van der Waals surface area contributed by atoms with Gasteiger partial charge in [0.05, 0.1) is 19.3 Å². The molecule has 2 bridgehead atoms. The fraction of sp³-hybridized carbons (Fsp3) is 0.622. The average Bonchev–Trinajstić information content (AvgIpc) is 3.40. The first-order valence-electron chi connectivity index (χ1n) is 17.2. The SMILES string of the molecule is C[C@H](O)[C@@H]1[C@H](CO)ON(Cc2cccc(-c3ccc(NC(=O)N(C)CCCN(C)C)cc3)c2)[C@@H]1C(=O)NC1C[C@@H]2C[C@@H]([C@@H]1C)C2(C)C. The minimum atomic E-state index is -0.841. The molecule has 8 atom stereocenters. The van der Waals surface area contributed by atoms with Crippen molar-refractivity contribution in [2.45, 2.75) is 77.8 Å². The Morgan fingerprint density at radius 1 is 1.06 bits per heavy atom. The minimum Gasteiger partial charge on any atom is -0.394 e. The fourth-order valence-corrected chi connectivity index (χ4v) is 8.20. The van der Waals surface area contributed by atoms with Crippen molar-refractivity contribution in [3.8, 4) is 11.1 Å². The van der Waals surface area contributed by atoms with Gasteiger partial charge in [-0.3, -0.25) is 9.63 Å². The van der Waals surface area contributed by atoms with Crippen LogP contribution in [0.25, 0.3) is 11.1 Å². The van der Waals surface area contributed by atoms with Gasteiger partial charge in [-0.25, -0.2) is 4.79 Å². The van der Waals surface area contributed by atoms with E-state index in [-0.39, 0.29) is 24.6 Å². The highest BCUT2D eigenvalue weighted by Crippen LogP contribution is 2.61. The van der Waals surface area contributed by atoms with Gasteiger partial charge in [0.1, 0.15) is 12.1 Å². The van der Waals surface area contributed by atoms with Crippen LogP contribution in [0.15, 0.2) is 48.5 Å². The van der Waals surface area contributed by atoms with E-state index >= 15 is 0 Å². The highest BCUT2D eigenvalue weighted by Gasteiger charge is 2.57. The average molecular weight is 650 g/mol. The van der Waals surface area contributed by atoms with Gasteiger partial charge < -0.3 is 30.6 Å². The lowest BCUT2D eigenvalue weighted by molar-refractivity contribution is -0.183. The molecule has 4 aliphatic rings. The summed E-state index contributed by atoms with van der Waals surface area (Å²) in [5.41, 5.74) is 3.96. The number of hydrogen-bond acceptors (Lipinski definition) is 7. The van der Waals surface area contributed by atoms with Crippen LogP contribution in [-0.2, 0) is 16.2 Å². The van der Waals surface area contributed by atoms with Crippen molar-refractivity contribution in [2.75, 3.05) is 46.2 Å². The number of hydroxylamine groups is 2. The van der Waals surface area contributed by atoms with Gasteiger partial charge in [0, 0.05) is 31.2 Å². The summed E-state index contributed by atoms with van der Waals surface area (Å²) >= 11 is 0. The molecule has 0 spiro atoms. The summed E-state index contributed by atoms with van der Waals surface area (Å²) in [5.74, 6) is 0.851. The normalized spacial score (nSPS) is 28.9. The highest BCUT2D eigenvalue weighted by atomic mass is 16.7. The summed E-state index contributed by atoms with van der Waals surface area (Å²) in [6, 6.07) is 15.0. The number of nitrogens with zero attached hydrogens (tertiary/aromatic N) is 3. The summed E-state index contributed by atoms with van der Waals surface area (Å²) < 4.78 is 0. The molecule has 3 aliphatic carbocycles. The smallest absolute Gasteiger partial charge is 0.321 e. The van der Waals surface area contributed by atoms with Gasteiger partial charge in [0.15, 0.2) is 0 Å². The second kappa shape index (κ2) is 14.6. The topological polar surface area (TPSA) is 118 Å². The molecule has 10 heteroatoms. The Labute approximate surface area is 280 Å². The van der Waals surface area contributed by atoms with Gasteiger partial charge >= 0.3 is 6.03 Å². The van der Waals surface area contributed by atoms with Gasteiger partial charge in [-0.1, -0.05) is 51.1 Å². The van der Waals surface area contributed by atoms with Gasteiger partial charge in [0.25, 0.3) is 0 Å². The van der Waals surface area contributed by atoms with Crippen molar-refractivity contribution in [1.29, 1.82) is 0 Å². The number of aliphatic hydroxyl groups is 2. The fourth-order valence-electron chi connectivity index (χ4n) is 8.20. The second-order valence-electron chi connectivity index (χ2n) is 15.0. The molecule has 1 aliphatic heterocycles. The van der Waals surface area contributed by atoms with Crippen LogP contribution in [0.3, 0.4) is 0 Å². The standard InChI is InChI=1S/C37H55N5O5/c1-23-30-19-28(37(30,3)4)20-31(23)39-35(45)34-33(24(2)44)32(22-43)47-42(34)21-25-10-8-11-27(18-25)26-12-14-29(15-13-26)38-36(46)41(7)17-9-16-40(5)6/h8,10-15,18,23-24,28,30-34,43-44H,9,16-17,19-22H2,1-7H3,(H,38,46)(H,39,45)/t23-,24-,28-,30-,31?,32-,33+,34-/m0/s1. The Kier molecular flexibility index (Phi) is 11.0. The molecule has 0 aromatic heterocycles. The van der Waals surface area contributed by atoms with E-state index in [1.807, 2.05) is 56.6 Å². The zero-order chi connectivity index (χ0) is 34.0. The molecule has 258 valence electrons. The maximum atomic E-state index is 14.0. The highest BCUT2D eigenvalue weighted by molar-refractivity contribution is 5.89. The molecule has 3 saturated carbocycles. The third kappa shape index (κ3) is 7.67. The molecule has 10 nitrogen and oxygen atoms in total. The maximum Gasteiger partial charge on any atom is 0.321 e. The van der Waals surface area contributed by atoms with Crippen LogP contribution in [0.4, 0.5) is 10.5 Å². The molecular formula is C37H55N5O5. The summed E-state index contributed by atoms with van der Waals surface area (Å²) in [4.78, 5) is 36.6. The van der Waals surface area contributed by atoms with Crippen LogP contribution in [0.1, 0.15) is 52.5 Å². The van der Waals surface area contributed by atoms with E-state index in [0.29, 0.717) is 36.3 Å². The van der Waals surface area contributed by atoms with E-state index in [0.717, 1.165) is 41.8 Å². The van der Waals surface area contributed by atoms with Crippen LogP contribution >= 0.6 is 0 Å². The molecular weight excluding hydrogens is 594 g/mol. The maximum absolute atomic E-state index is 14.0. The van der Waals surface area contributed by atoms with E-state index in [9.17, 15) is 19.8 Å². The summed E-state index contributed by atoms with van der Waals surface area (Å²) in [7, 11) is 5.84. The Balaban J connectivity index is 1.26. The number of aliphatic hydroxyl groups excluding tert-OH is 2. The van der Waals surface area contributed by atoms with Crippen molar-refractivity contribution >= 4 is 17.6 Å². The first-order valence-corrected chi connectivity index (χ1v) is 17.2. The predicted molar refractivity (Wildman–Crippen MR) is 184 cm³/mol. The lowest BCUT2D eigenvalue weighted by atomic mass is 9.45. The molecule has 2 aromatic carbocycles. The zero-order valence-electron chi connectivity index (χ0n) is 29.1. The number of urea groups is 1. The Morgan fingerprint density at radius 3 is 2.40 bits per heavy atom.